The monoisotopic (exact) mass is 319 g/mol. The Bertz CT molecular complexity index is 675. The molecule has 1 aliphatic rings. The van der Waals surface area contributed by atoms with Crippen LogP contribution in [0, 0.1) is 6.92 Å². The minimum Gasteiger partial charge on any atom is -0.388 e. The second kappa shape index (κ2) is 6.32. The molecule has 1 aliphatic heterocycles. The van der Waals surface area contributed by atoms with Gasteiger partial charge in [-0.3, -0.25) is 4.79 Å². The van der Waals surface area contributed by atoms with Crippen LogP contribution in [-0.2, 0) is 0 Å². The van der Waals surface area contributed by atoms with Crippen LogP contribution in [0.3, 0.4) is 0 Å². The number of nitrogens with one attached hydrogen (secondary N) is 2. The van der Waals surface area contributed by atoms with Gasteiger partial charge in [0.25, 0.3) is 5.91 Å². The molecule has 1 aromatic carbocycles. The molecule has 0 radical (unpaired) electrons. The van der Waals surface area contributed by atoms with Crippen LogP contribution in [0.5, 0.6) is 0 Å². The number of amides is 1. The van der Waals surface area contributed by atoms with E-state index >= 15 is 0 Å². The van der Waals surface area contributed by atoms with Crippen LogP contribution in [0.15, 0.2) is 18.2 Å². The predicted molar refractivity (Wildman–Crippen MR) is 88.4 cm³/mol. The van der Waals surface area contributed by atoms with Crippen LogP contribution in [0.4, 0.5) is 0 Å². The molecular formula is C16H21N3O2S. The van der Waals surface area contributed by atoms with E-state index in [1.54, 1.807) is 17.4 Å². The maximum absolute atomic E-state index is 12.3. The lowest BCUT2D eigenvalue weighted by Gasteiger charge is -2.26. The van der Waals surface area contributed by atoms with Gasteiger partial charge in [-0.25, -0.2) is 4.98 Å². The lowest BCUT2D eigenvalue weighted by Crippen LogP contribution is -2.43. The molecule has 0 bridgehead atoms. The van der Waals surface area contributed by atoms with Gasteiger partial charge >= 0.3 is 0 Å². The highest BCUT2D eigenvalue weighted by molar-refractivity contribution is 7.18. The summed E-state index contributed by atoms with van der Waals surface area (Å²) in [6, 6.07) is 5.53. The number of benzene rings is 1. The molecule has 1 atom stereocenters. The molecule has 0 unspecified atom stereocenters. The number of carbonyl (C=O) groups is 1. The Morgan fingerprint density at radius 3 is 3.18 bits per heavy atom. The Kier molecular flexibility index (Phi) is 4.42. The summed E-state index contributed by atoms with van der Waals surface area (Å²) in [5.41, 5.74) is 0.740. The largest absolute Gasteiger partial charge is 0.388 e. The van der Waals surface area contributed by atoms with Gasteiger partial charge in [0, 0.05) is 12.1 Å². The highest BCUT2D eigenvalue weighted by atomic mass is 32.1. The lowest BCUT2D eigenvalue weighted by atomic mass is 9.95. The SMILES string of the molecule is Cc1nc2ccc(C(=O)NC[C@@]3(O)CCCNCC3)cc2s1. The van der Waals surface area contributed by atoms with Gasteiger partial charge < -0.3 is 15.7 Å². The number of aromatic nitrogens is 1. The minimum absolute atomic E-state index is 0.140. The average Bonchev–Trinajstić information content (AvgIpc) is 2.73. The third kappa shape index (κ3) is 3.45. The van der Waals surface area contributed by atoms with Crippen molar-refractivity contribution < 1.29 is 9.90 Å². The van der Waals surface area contributed by atoms with Crippen molar-refractivity contribution in [3.05, 3.63) is 28.8 Å². The van der Waals surface area contributed by atoms with Crippen molar-refractivity contribution in [2.45, 2.75) is 31.8 Å². The third-order valence-electron chi connectivity index (χ3n) is 4.10. The molecule has 0 aliphatic carbocycles. The summed E-state index contributed by atoms with van der Waals surface area (Å²) in [6.07, 6.45) is 2.31. The topological polar surface area (TPSA) is 74.2 Å². The Hall–Kier alpha value is -1.50. The van der Waals surface area contributed by atoms with Gasteiger partial charge in [0.05, 0.1) is 20.8 Å². The number of hydrogen-bond acceptors (Lipinski definition) is 5. The Morgan fingerprint density at radius 1 is 1.45 bits per heavy atom. The second-order valence-electron chi connectivity index (χ2n) is 5.93. The summed E-state index contributed by atoms with van der Waals surface area (Å²) in [5, 5.41) is 17.7. The van der Waals surface area contributed by atoms with Crippen molar-refractivity contribution in [1.29, 1.82) is 0 Å². The molecule has 1 saturated heterocycles. The Balaban J connectivity index is 1.67. The van der Waals surface area contributed by atoms with E-state index < -0.39 is 5.60 Å². The maximum Gasteiger partial charge on any atom is 0.251 e. The minimum atomic E-state index is -0.801. The zero-order valence-corrected chi connectivity index (χ0v) is 13.5. The molecule has 0 spiro atoms. The fraction of sp³-hybridized carbons (Fsp3) is 0.500. The molecule has 2 aromatic rings. The molecular weight excluding hydrogens is 298 g/mol. The van der Waals surface area contributed by atoms with E-state index in [1.165, 1.54) is 0 Å². The number of fused-ring (bicyclic) bond motifs is 1. The molecule has 118 valence electrons. The molecule has 2 heterocycles. The van der Waals surface area contributed by atoms with E-state index in [4.69, 9.17) is 0 Å². The quantitative estimate of drug-likeness (QED) is 0.807. The van der Waals surface area contributed by atoms with Crippen molar-refractivity contribution in [2.75, 3.05) is 19.6 Å². The fourth-order valence-corrected chi connectivity index (χ4v) is 3.68. The van der Waals surface area contributed by atoms with Gasteiger partial charge in [-0.15, -0.1) is 11.3 Å². The van der Waals surface area contributed by atoms with Gasteiger partial charge in [-0.2, -0.15) is 0 Å². The van der Waals surface area contributed by atoms with E-state index in [1.807, 2.05) is 19.1 Å². The van der Waals surface area contributed by atoms with E-state index in [-0.39, 0.29) is 5.91 Å². The van der Waals surface area contributed by atoms with E-state index in [9.17, 15) is 9.90 Å². The van der Waals surface area contributed by atoms with Crippen LogP contribution in [0.2, 0.25) is 0 Å². The standard InChI is InChI=1S/C16H21N3O2S/c1-11-19-13-4-3-12(9-14(13)22-11)15(20)18-10-16(21)5-2-7-17-8-6-16/h3-4,9,17,21H,2,5-8,10H2,1H3,(H,18,20)/t16-/m1/s1. The van der Waals surface area contributed by atoms with Gasteiger partial charge in [0.2, 0.25) is 0 Å². The van der Waals surface area contributed by atoms with Crippen molar-refractivity contribution in [2.24, 2.45) is 0 Å². The zero-order chi connectivity index (χ0) is 15.6. The molecule has 1 amide bonds. The number of carbonyl (C=O) groups excluding carboxylic acids is 1. The number of aliphatic hydroxyl groups is 1. The number of thiazole rings is 1. The number of aryl methyl sites for hydroxylation is 1. The predicted octanol–water partition coefficient (Wildman–Crippen LogP) is 1.84. The first-order valence-corrected chi connectivity index (χ1v) is 8.46. The highest BCUT2D eigenvalue weighted by Gasteiger charge is 2.28. The van der Waals surface area contributed by atoms with Crippen LogP contribution in [-0.4, -0.2) is 41.2 Å². The molecule has 22 heavy (non-hydrogen) atoms. The number of hydrogen-bond donors (Lipinski definition) is 3. The van der Waals surface area contributed by atoms with Crippen molar-refractivity contribution in [3.8, 4) is 0 Å². The first kappa shape index (κ1) is 15.4. The normalized spacial score (nSPS) is 22.5. The number of rotatable bonds is 3. The van der Waals surface area contributed by atoms with Gasteiger partial charge in [-0.05, 0) is 57.5 Å². The number of nitrogens with zero attached hydrogens (tertiary/aromatic N) is 1. The second-order valence-corrected chi connectivity index (χ2v) is 7.16. The average molecular weight is 319 g/mol. The van der Waals surface area contributed by atoms with Crippen LogP contribution < -0.4 is 10.6 Å². The first-order chi connectivity index (χ1) is 10.6. The molecule has 5 nitrogen and oxygen atoms in total. The molecule has 3 rings (SSSR count). The summed E-state index contributed by atoms with van der Waals surface area (Å²) in [5.74, 6) is -0.140. The Morgan fingerprint density at radius 2 is 2.32 bits per heavy atom. The Labute approximate surface area is 133 Å². The van der Waals surface area contributed by atoms with Crippen molar-refractivity contribution in [3.63, 3.8) is 0 Å². The molecule has 6 heteroatoms. The van der Waals surface area contributed by atoms with Crippen LogP contribution in [0.1, 0.15) is 34.6 Å². The third-order valence-corrected chi connectivity index (χ3v) is 5.03. The van der Waals surface area contributed by atoms with Crippen LogP contribution >= 0.6 is 11.3 Å². The maximum atomic E-state index is 12.3. The molecule has 1 aromatic heterocycles. The van der Waals surface area contributed by atoms with E-state index in [0.717, 1.165) is 34.7 Å². The fourth-order valence-electron chi connectivity index (χ4n) is 2.82. The highest BCUT2D eigenvalue weighted by Crippen LogP contribution is 2.23. The summed E-state index contributed by atoms with van der Waals surface area (Å²) in [6.45, 7) is 3.98. The lowest BCUT2D eigenvalue weighted by molar-refractivity contribution is 0.0276. The molecule has 3 N–H and O–H groups in total. The summed E-state index contributed by atoms with van der Waals surface area (Å²) in [7, 11) is 0. The smallest absolute Gasteiger partial charge is 0.251 e. The van der Waals surface area contributed by atoms with E-state index in [2.05, 4.69) is 15.6 Å². The van der Waals surface area contributed by atoms with Crippen molar-refractivity contribution >= 4 is 27.5 Å². The first-order valence-electron chi connectivity index (χ1n) is 7.64. The van der Waals surface area contributed by atoms with Gasteiger partial charge in [0.15, 0.2) is 0 Å². The molecule has 1 fully saturated rings. The van der Waals surface area contributed by atoms with Crippen molar-refractivity contribution in [1.82, 2.24) is 15.6 Å². The molecule has 0 saturated carbocycles. The summed E-state index contributed by atoms with van der Waals surface area (Å²) < 4.78 is 1.02. The van der Waals surface area contributed by atoms with Gasteiger partial charge in [0.1, 0.15) is 0 Å². The van der Waals surface area contributed by atoms with E-state index in [0.29, 0.717) is 24.9 Å². The van der Waals surface area contributed by atoms with Gasteiger partial charge in [-0.1, -0.05) is 0 Å². The van der Waals surface area contributed by atoms with Crippen LogP contribution in [0.25, 0.3) is 10.2 Å². The summed E-state index contributed by atoms with van der Waals surface area (Å²) >= 11 is 1.58. The zero-order valence-electron chi connectivity index (χ0n) is 12.7. The summed E-state index contributed by atoms with van der Waals surface area (Å²) in [4.78, 5) is 16.7.